The highest BCUT2D eigenvalue weighted by Crippen LogP contribution is 2.31. The summed E-state index contributed by atoms with van der Waals surface area (Å²) in [6.07, 6.45) is 1.61. The van der Waals surface area contributed by atoms with E-state index in [0.717, 1.165) is 0 Å². The minimum absolute atomic E-state index is 0.0459. The summed E-state index contributed by atoms with van der Waals surface area (Å²) in [5.74, 6) is 0.389. The van der Waals surface area contributed by atoms with Crippen LogP contribution in [0.25, 0.3) is 0 Å². The molecular formula is C18H20Cl2N2O3S. The summed E-state index contributed by atoms with van der Waals surface area (Å²) in [5, 5.41) is 8.31. The van der Waals surface area contributed by atoms with Crippen molar-refractivity contribution in [3.63, 3.8) is 0 Å². The van der Waals surface area contributed by atoms with Gasteiger partial charge in [0, 0.05) is 19.5 Å². The number of hydrogen-bond donors (Lipinski definition) is 2. The van der Waals surface area contributed by atoms with E-state index in [4.69, 9.17) is 27.9 Å². The molecule has 2 N–H and O–H groups in total. The molecule has 0 radical (unpaired) electrons. The van der Waals surface area contributed by atoms with Gasteiger partial charge in [0.1, 0.15) is 10.8 Å². The Morgan fingerprint density at radius 2 is 1.85 bits per heavy atom. The molecule has 0 fully saturated rings. The third-order valence-electron chi connectivity index (χ3n) is 3.43. The van der Waals surface area contributed by atoms with E-state index in [2.05, 4.69) is 10.6 Å². The highest BCUT2D eigenvalue weighted by molar-refractivity contribution is 7.12. The van der Waals surface area contributed by atoms with Crippen LogP contribution in [0.1, 0.15) is 28.9 Å². The smallest absolute Gasteiger partial charge is 0.261 e. The van der Waals surface area contributed by atoms with Gasteiger partial charge in [-0.05, 0) is 36.4 Å². The van der Waals surface area contributed by atoms with Gasteiger partial charge in [-0.2, -0.15) is 0 Å². The summed E-state index contributed by atoms with van der Waals surface area (Å²) < 4.78 is 5.53. The second-order valence-corrected chi connectivity index (χ2v) is 7.17. The summed E-state index contributed by atoms with van der Waals surface area (Å²) in [7, 11) is 0. The minimum Gasteiger partial charge on any atom is -0.492 e. The second-order valence-electron chi connectivity index (χ2n) is 5.44. The molecule has 0 spiro atoms. The maximum Gasteiger partial charge on any atom is 0.261 e. The second kappa shape index (κ2) is 11.1. The van der Waals surface area contributed by atoms with Crippen LogP contribution < -0.4 is 15.4 Å². The van der Waals surface area contributed by atoms with E-state index in [9.17, 15) is 9.59 Å². The lowest BCUT2D eigenvalue weighted by atomic mass is 10.3. The molecule has 2 rings (SSSR count). The maximum atomic E-state index is 11.8. The summed E-state index contributed by atoms with van der Waals surface area (Å²) in [5.41, 5.74) is 0. The molecule has 0 bridgehead atoms. The largest absolute Gasteiger partial charge is 0.492 e. The Hall–Kier alpha value is -1.76. The Balaban J connectivity index is 1.51. The molecule has 2 amide bonds. The van der Waals surface area contributed by atoms with E-state index in [-0.39, 0.29) is 11.8 Å². The first-order valence-electron chi connectivity index (χ1n) is 8.23. The molecule has 1 heterocycles. The first-order chi connectivity index (χ1) is 12.6. The van der Waals surface area contributed by atoms with E-state index in [0.29, 0.717) is 59.6 Å². The number of carbonyl (C=O) groups excluding carboxylic acids is 2. The van der Waals surface area contributed by atoms with Gasteiger partial charge in [-0.25, -0.2) is 0 Å². The van der Waals surface area contributed by atoms with E-state index in [1.54, 1.807) is 24.3 Å². The Morgan fingerprint density at radius 1 is 1.04 bits per heavy atom. The number of nitrogens with one attached hydrogen (secondary N) is 2. The number of rotatable bonds is 10. The summed E-state index contributed by atoms with van der Waals surface area (Å²) in [6.45, 7) is 1.42. The van der Waals surface area contributed by atoms with Crippen LogP contribution >= 0.6 is 34.5 Å². The van der Waals surface area contributed by atoms with Crippen LogP contribution in [0, 0.1) is 0 Å². The molecule has 0 atom stereocenters. The van der Waals surface area contributed by atoms with Crippen molar-refractivity contribution < 1.29 is 14.3 Å². The third kappa shape index (κ3) is 6.86. The van der Waals surface area contributed by atoms with Crippen molar-refractivity contribution in [2.45, 2.75) is 19.3 Å². The predicted molar refractivity (Wildman–Crippen MR) is 105 cm³/mol. The number of halogens is 2. The van der Waals surface area contributed by atoms with Gasteiger partial charge in [-0.15, -0.1) is 11.3 Å². The van der Waals surface area contributed by atoms with Crippen molar-refractivity contribution in [2.75, 3.05) is 19.7 Å². The van der Waals surface area contributed by atoms with Crippen LogP contribution in [0.2, 0.25) is 10.0 Å². The van der Waals surface area contributed by atoms with Gasteiger partial charge in [0.25, 0.3) is 5.91 Å². The maximum absolute atomic E-state index is 11.8. The Bertz CT molecular complexity index is 723. The number of thiophene rings is 1. The fourth-order valence-corrected chi connectivity index (χ4v) is 3.10. The van der Waals surface area contributed by atoms with Crippen LogP contribution in [0.4, 0.5) is 0 Å². The molecule has 0 aliphatic heterocycles. The van der Waals surface area contributed by atoms with Crippen molar-refractivity contribution in [2.24, 2.45) is 0 Å². The fourth-order valence-electron chi connectivity index (χ4n) is 2.11. The van der Waals surface area contributed by atoms with Crippen molar-refractivity contribution in [1.82, 2.24) is 10.6 Å². The Morgan fingerprint density at radius 3 is 2.62 bits per heavy atom. The van der Waals surface area contributed by atoms with E-state index < -0.39 is 0 Å². The number of hydrogen-bond acceptors (Lipinski definition) is 4. The molecule has 2 aromatic rings. The number of ether oxygens (including phenoxy) is 1. The zero-order valence-electron chi connectivity index (χ0n) is 14.1. The molecule has 26 heavy (non-hydrogen) atoms. The predicted octanol–water partition coefficient (Wildman–Crippen LogP) is 4.15. The minimum atomic E-state index is -0.0804. The molecule has 5 nitrogen and oxygen atoms in total. The van der Waals surface area contributed by atoms with Gasteiger partial charge in [0.15, 0.2) is 0 Å². The highest BCUT2D eigenvalue weighted by atomic mass is 35.5. The van der Waals surface area contributed by atoms with Crippen LogP contribution in [0.15, 0.2) is 35.7 Å². The van der Waals surface area contributed by atoms with Crippen LogP contribution in [0.5, 0.6) is 5.75 Å². The van der Waals surface area contributed by atoms with Crippen molar-refractivity contribution in [3.05, 3.63) is 50.6 Å². The van der Waals surface area contributed by atoms with Gasteiger partial charge >= 0.3 is 0 Å². The van der Waals surface area contributed by atoms with Crippen LogP contribution in [-0.4, -0.2) is 31.5 Å². The van der Waals surface area contributed by atoms with E-state index in [1.807, 2.05) is 11.4 Å². The molecule has 8 heteroatoms. The van der Waals surface area contributed by atoms with E-state index in [1.165, 1.54) is 11.3 Å². The molecule has 140 valence electrons. The molecule has 0 saturated heterocycles. The van der Waals surface area contributed by atoms with Gasteiger partial charge in [-0.3, -0.25) is 9.59 Å². The van der Waals surface area contributed by atoms with Crippen molar-refractivity contribution in [1.29, 1.82) is 0 Å². The van der Waals surface area contributed by atoms with Gasteiger partial charge in [0.2, 0.25) is 5.91 Å². The molecule has 0 saturated carbocycles. The van der Waals surface area contributed by atoms with Gasteiger partial charge < -0.3 is 15.4 Å². The molecule has 1 aromatic carbocycles. The van der Waals surface area contributed by atoms with Crippen molar-refractivity contribution >= 4 is 46.4 Å². The third-order valence-corrected chi connectivity index (χ3v) is 5.10. The fraction of sp³-hybridized carbons (Fsp3) is 0.333. The SMILES string of the molecule is O=C(CCCOc1cccc(Cl)c1Cl)NCCCNC(=O)c1cccs1. The standard InChI is InChI=1S/C18H20Cl2N2O3S/c19-13-5-1-6-14(17(13)20)25-11-2-8-16(23)21-9-4-10-22-18(24)15-7-3-12-26-15/h1,3,5-7,12H,2,4,8-11H2,(H,21,23)(H,22,24). The van der Waals surface area contributed by atoms with Gasteiger partial charge in [-0.1, -0.05) is 35.3 Å². The number of carbonyl (C=O) groups is 2. The van der Waals surface area contributed by atoms with Crippen LogP contribution in [-0.2, 0) is 4.79 Å². The van der Waals surface area contributed by atoms with Crippen LogP contribution in [0.3, 0.4) is 0 Å². The summed E-state index contributed by atoms with van der Waals surface area (Å²) in [6, 6.07) is 8.80. The molecule has 0 aliphatic carbocycles. The molecular weight excluding hydrogens is 395 g/mol. The average Bonchev–Trinajstić information content (AvgIpc) is 3.16. The monoisotopic (exact) mass is 414 g/mol. The van der Waals surface area contributed by atoms with Crippen molar-refractivity contribution in [3.8, 4) is 5.75 Å². The normalized spacial score (nSPS) is 10.4. The average molecular weight is 415 g/mol. The lowest BCUT2D eigenvalue weighted by Crippen LogP contribution is -2.29. The number of benzene rings is 1. The molecule has 1 aromatic heterocycles. The number of amides is 2. The van der Waals surface area contributed by atoms with Gasteiger partial charge in [0.05, 0.1) is 16.5 Å². The molecule has 0 aliphatic rings. The zero-order valence-corrected chi connectivity index (χ0v) is 16.4. The summed E-state index contributed by atoms with van der Waals surface area (Å²) >= 11 is 13.3. The lowest BCUT2D eigenvalue weighted by Gasteiger charge is -2.09. The Labute approximate surface area is 166 Å². The van der Waals surface area contributed by atoms with E-state index >= 15 is 0 Å². The topological polar surface area (TPSA) is 67.4 Å². The zero-order chi connectivity index (χ0) is 18.8. The first-order valence-corrected chi connectivity index (χ1v) is 9.86. The Kier molecular flexibility index (Phi) is 8.74. The summed E-state index contributed by atoms with van der Waals surface area (Å²) in [4.78, 5) is 24.2. The first kappa shape index (κ1) is 20.6. The lowest BCUT2D eigenvalue weighted by molar-refractivity contribution is -0.121. The quantitative estimate of drug-likeness (QED) is 0.573. The molecule has 0 unspecified atom stereocenters. The highest BCUT2D eigenvalue weighted by Gasteiger charge is 2.07.